The summed E-state index contributed by atoms with van der Waals surface area (Å²) in [5.74, 6) is 0.985. The Morgan fingerprint density at radius 1 is 0.974 bits per heavy atom. The summed E-state index contributed by atoms with van der Waals surface area (Å²) >= 11 is 0. The minimum Gasteiger partial charge on any atom is -0.492 e. The summed E-state index contributed by atoms with van der Waals surface area (Å²) in [7, 11) is 0. The molecule has 1 aromatic carbocycles. The smallest absolute Gasteiger partial charge is 0.255 e. The predicted octanol–water partition coefficient (Wildman–Crippen LogP) is 2.88. The van der Waals surface area contributed by atoms with Crippen LogP contribution in [0.3, 0.4) is 0 Å². The first kappa shape index (κ1) is 24.9. The van der Waals surface area contributed by atoms with Crippen molar-refractivity contribution < 1.29 is 19.1 Å². The molecule has 9 heteroatoms. The van der Waals surface area contributed by atoms with Gasteiger partial charge in [-0.2, -0.15) is 0 Å². The minimum atomic E-state index is -0.605. The van der Waals surface area contributed by atoms with Gasteiger partial charge in [0.25, 0.3) is 5.91 Å². The van der Waals surface area contributed by atoms with Crippen LogP contribution in [0.15, 0.2) is 36.5 Å². The van der Waals surface area contributed by atoms with Crippen LogP contribution in [-0.4, -0.2) is 70.8 Å². The van der Waals surface area contributed by atoms with Gasteiger partial charge in [-0.3, -0.25) is 24.6 Å². The van der Waals surface area contributed by atoms with E-state index < -0.39 is 11.9 Å². The van der Waals surface area contributed by atoms with Crippen molar-refractivity contribution in [1.82, 2.24) is 20.1 Å². The van der Waals surface area contributed by atoms with Crippen molar-refractivity contribution >= 4 is 23.5 Å². The fourth-order valence-corrected chi connectivity index (χ4v) is 6.17. The zero-order valence-electron chi connectivity index (χ0n) is 21.7. The fraction of sp³-hybridized carbons (Fsp3) is 0.517. The first-order chi connectivity index (χ1) is 18.5. The Kier molecular flexibility index (Phi) is 7.02. The lowest BCUT2D eigenvalue weighted by Gasteiger charge is -2.35. The van der Waals surface area contributed by atoms with E-state index in [9.17, 15) is 14.4 Å². The second kappa shape index (κ2) is 10.7. The van der Waals surface area contributed by atoms with Crippen LogP contribution in [0.1, 0.15) is 66.4 Å². The van der Waals surface area contributed by atoms with E-state index in [1.54, 1.807) is 11.0 Å². The molecule has 9 nitrogen and oxygen atoms in total. The molecule has 2 aromatic rings. The average Bonchev–Trinajstić information content (AvgIpc) is 3.57. The van der Waals surface area contributed by atoms with Crippen molar-refractivity contribution in [2.24, 2.45) is 0 Å². The number of ether oxygens (including phenoxy) is 1. The summed E-state index contributed by atoms with van der Waals surface area (Å²) in [6.07, 6.45) is 8.60. The third kappa shape index (κ3) is 5.12. The predicted molar refractivity (Wildman–Crippen MR) is 142 cm³/mol. The zero-order valence-corrected chi connectivity index (χ0v) is 21.7. The zero-order chi connectivity index (χ0) is 26.1. The van der Waals surface area contributed by atoms with Gasteiger partial charge in [0, 0.05) is 50.4 Å². The molecule has 0 saturated carbocycles. The topological polar surface area (TPSA) is 95.1 Å². The van der Waals surface area contributed by atoms with Gasteiger partial charge in [-0.15, -0.1) is 0 Å². The van der Waals surface area contributed by atoms with E-state index in [4.69, 9.17) is 9.72 Å². The van der Waals surface area contributed by atoms with Crippen molar-refractivity contribution in [2.45, 2.75) is 70.1 Å². The second-order valence-electron chi connectivity index (χ2n) is 10.9. The Morgan fingerprint density at radius 2 is 1.82 bits per heavy atom. The molecule has 0 radical (unpaired) electrons. The summed E-state index contributed by atoms with van der Waals surface area (Å²) in [6.45, 7) is 5.05. The van der Waals surface area contributed by atoms with Crippen molar-refractivity contribution in [3.05, 3.63) is 53.2 Å². The number of rotatable bonds is 7. The number of amides is 3. The normalized spacial score (nSPS) is 24.1. The largest absolute Gasteiger partial charge is 0.492 e. The van der Waals surface area contributed by atoms with Crippen LogP contribution in [0.25, 0.3) is 0 Å². The molecule has 3 fully saturated rings. The van der Waals surface area contributed by atoms with Crippen LogP contribution in [0.5, 0.6) is 5.75 Å². The van der Waals surface area contributed by atoms with Gasteiger partial charge < -0.3 is 14.5 Å². The van der Waals surface area contributed by atoms with Crippen LogP contribution in [-0.2, 0) is 22.7 Å². The van der Waals surface area contributed by atoms with E-state index in [2.05, 4.69) is 27.2 Å². The number of hydrogen-bond acceptors (Lipinski definition) is 7. The van der Waals surface area contributed by atoms with Crippen LogP contribution in [0.2, 0.25) is 0 Å². The van der Waals surface area contributed by atoms with Crippen LogP contribution >= 0.6 is 0 Å². The maximum atomic E-state index is 13.0. The Bertz CT molecular complexity index is 1210. The molecule has 200 valence electrons. The third-order valence-corrected chi connectivity index (χ3v) is 8.31. The molecule has 1 unspecified atom stereocenters. The fourth-order valence-electron chi connectivity index (χ4n) is 6.17. The van der Waals surface area contributed by atoms with Gasteiger partial charge in [-0.1, -0.05) is 12.5 Å². The maximum Gasteiger partial charge on any atom is 0.255 e. The standard InChI is InChI=1S/C29H35N5O4/c35-27-11-9-25(28(36)31-27)34-18-21-15-23(7-8-24(21)29(34)37)38-19-22-5-1-2-14-33(22)17-20-6-10-26(30-16-20)32-12-3-4-13-32/h6-8,10,15-16,22,25H,1-5,9,11-14,17-19H2,(H,31,35,36)/t22-,25?/m1/s1. The first-order valence-electron chi connectivity index (χ1n) is 13.9. The number of benzene rings is 1. The Balaban J connectivity index is 1.07. The number of hydrogen-bond donors (Lipinski definition) is 1. The summed E-state index contributed by atoms with van der Waals surface area (Å²) in [5, 5.41) is 2.35. The quantitative estimate of drug-likeness (QED) is 0.565. The van der Waals surface area contributed by atoms with Gasteiger partial charge in [0.15, 0.2) is 0 Å². The number of likely N-dealkylation sites (tertiary alicyclic amines) is 1. The highest BCUT2D eigenvalue weighted by molar-refractivity contribution is 6.05. The molecule has 0 aliphatic carbocycles. The Labute approximate surface area is 223 Å². The molecule has 4 aliphatic rings. The van der Waals surface area contributed by atoms with E-state index in [1.165, 1.54) is 31.2 Å². The number of anilines is 1. The molecule has 1 N–H and O–H groups in total. The van der Waals surface area contributed by atoms with E-state index in [1.807, 2.05) is 18.3 Å². The number of nitrogens with one attached hydrogen (secondary N) is 1. The molecule has 3 saturated heterocycles. The van der Waals surface area contributed by atoms with E-state index in [0.717, 1.165) is 49.7 Å². The summed E-state index contributed by atoms with van der Waals surface area (Å²) in [4.78, 5) is 47.9. The first-order valence-corrected chi connectivity index (χ1v) is 13.9. The van der Waals surface area contributed by atoms with Crippen LogP contribution in [0.4, 0.5) is 5.82 Å². The van der Waals surface area contributed by atoms with E-state index in [0.29, 0.717) is 31.2 Å². The molecular formula is C29H35N5O4. The number of carbonyl (C=O) groups excluding carboxylic acids is 3. The number of nitrogens with zero attached hydrogens (tertiary/aromatic N) is 4. The van der Waals surface area contributed by atoms with Crippen molar-refractivity contribution in [3.8, 4) is 5.75 Å². The molecule has 0 spiro atoms. The minimum absolute atomic E-state index is 0.163. The van der Waals surface area contributed by atoms with Crippen LogP contribution < -0.4 is 15.0 Å². The Morgan fingerprint density at radius 3 is 2.61 bits per heavy atom. The summed E-state index contributed by atoms with van der Waals surface area (Å²) < 4.78 is 6.26. The highest BCUT2D eigenvalue weighted by atomic mass is 16.5. The molecule has 3 amide bonds. The highest BCUT2D eigenvalue weighted by Crippen LogP contribution is 2.31. The van der Waals surface area contributed by atoms with Gasteiger partial charge in [-0.25, -0.2) is 4.98 Å². The number of piperidine rings is 2. The second-order valence-corrected chi connectivity index (χ2v) is 10.9. The van der Waals surface area contributed by atoms with Crippen LogP contribution in [0, 0.1) is 0 Å². The van der Waals surface area contributed by atoms with Gasteiger partial charge >= 0.3 is 0 Å². The van der Waals surface area contributed by atoms with Crippen molar-refractivity contribution in [3.63, 3.8) is 0 Å². The number of aromatic nitrogens is 1. The van der Waals surface area contributed by atoms with Gasteiger partial charge in [-0.05, 0) is 74.0 Å². The molecule has 38 heavy (non-hydrogen) atoms. The lowest BCUT2D eigenvalue weighted by atomic mass is 10.0. The molecular weight excluding hydrogens is 482 g/mol. The van der Waals surface area contributed by atoms with E-state index >= 15 is 0 Å². The monoisotopic (exact) mass is 517 g/mol. The van der Waals surface area contributed by atoms with Crippen molar-refractivity contribution in [1.29, 1.82) is 0 Å². The molecule has 2 atom stereocenters. The lowest BCUT2D eigenvalue weighted by molar-refractivity contribution is -0.136. The third-order valence-electron chi connectivity index (χ3n) is 8.31. The van der Waals surface area contributed by atoms with Crippen molar-refractivity contribution in [2.75, 3.05) is 31.1 Å². The number of carbonyl (C=O) groups is 3. The summed E-state index contributed by atoms with van der Waals surface area (Å²) in [5.41, 5.74) is 2.69. The maximum absolute atomic E-state index is 13.0. The van der Waals surface area contributed by atoms with E-state index in [-0.39, 0.29) is 18.2 Å². The molecule has 6 rings (SSSR count). The number of pyridine rings is 1. The molecule has 4 aliphatic heterocycles. The molecule has 1 aromatic heterocycles. The summed E-state index contributed by atoms with van der Waals surface area (Å²) in [6, 6.07) is 9.64. The number of fused-ring (bicyclic) bond motifs is 1. The average molecular weight is 518 g/mol. The Hall–Kier alpha value is -3.46. The number of imide groups is 1. The highest BCUT2D eigenvalue weighted by Gasteiger charge is 2.39. The lowest BCUT2D eigenvalue weighted by Crippen LogP contribution is -2.52. The SMILES string of the molecule is O=C1CCC(N2Cc3cc(OC[C@H]4CCCCN4Cc4ccc(N5CCCC5)nc4)ccc3C2=O)C(=O)N1. The molecule has 0 bridgehead atoms. The molecule has 5 heterocycles. The van der Waals surface area contributed by atoms with Gasteiger partial charge in [0.05, 0.1) is 0 Å². The van der Waals surface area contributed by atoms with Gasteiger partial charge in [0.1, 0.15) is 24.2 Å². The van der Waals surface area contributed by atoms with Gasteiger partial charge in [0.2, 0.25) is 11.8 Å².